The lowest BCUT2D eigenvalue weighted by Gasteiger charge is -2.27. The van der Waals surface area contributed by atoms with Crippen LogP contribution in [-0.4, -0.2) is 38.5 Å². The Morgan fingerprint density at radius 2 is 1.69 bits per heavy atom. The highest BCUT2D eigenvalue weighted by molar-refractivity contribution is 6.02. The number of anilines is 1. The zero-order chi connectivity index (χ0) is 31.2. The maximum absolute atomic E-state index is 13.7. The molecule has 1 unspecified atom stereocenters. The number of nitrogens with one attached hydrogen (secondary N) is 2. The molecule has 3 N–H and O–H groups in total. The third-order valence-corrected chi connectivity index (χ3v) is 9.18. The number of aliphatic carboxylic acids is 1. The van der Waals surface area contributed by atoms with Crippen LogP contribution in [0, 0.1) is 5.92 Å². The van der Waals surface area contributed by atoms with Crippen molar-refractivity contribution in [2.45, 2.75) is 82.7 Å². The summed E-state index contributed by atoms with van der Waals surface area (Å²) in [4.78, 5) is 43.1. The van der Waals surface area contributed by atoms with Crippen LogP contribution in [0.5, 0.6) is 0 Å². The van der Waals surface area contributed by atoms with Gasteiger partial charge in [-0.05, 0) is 73.2 Å². The van der Waals surface area contributed by atoms with E-state index in [4.69, 9.17) is 14.5 Å². The van der Waals surface area contributed by atoms with Crippen LogP contribution in [-0.2, 0) is 9.59 Å². The maximum Gasteiger partial charge on any atom is 0.328 e. The van der Waals surface area contributed by atoms with E-state index in [9.17, 15) is 14.4 Å². The lowest BCUT2D eigenvalue weighted by atomic mass is 9.84. The molecule has 234 valence electrons. The van der Waals surface area contributed by atoms with Crippen molar-refractivity contribution in [1.29, 1.82) is 0 Å². The van der Waals surface area contributed by atoms with Crippen molar-refractivity contribution in [2.24, 2.45) is 5.92 Å². The van der Waals surface area contributed by atoms with Crippen molar-refractivity contribution in [2.75, 3.05) is 5.32 Å². The van der Waals surface area contributed by atoms with Gasteiger partial charge in [-0.3, -0.25) is 9.59 Å². The minimum absolute atomic E-state index is 0.271. The number of carboxylic acids is 1. The molecule has 2 amide bonds. The molecule has 0 saturated heterocycles. The van der Waals surface area contributed by atoms with Crippen LogP contribution in [0.3, 0.4) is 0 Å². The first-order valence-electron chi connectivity index (χ1n) is 16.1. The molecule has 45 heavy (non-hydrogen) atoms. The SMILES string of the molecule is O=C(O)/C=C/c1ccc(NC(=O)C(CC2CCCCC2)NC(=O)c2ccc3c(c2)nc(-c2ccoc2)n3C2CCCCC2)cc1. The second-order valence-electron chi connectivity index (χ2n) is 12.4. The third-order valence-electron chi connectivity index (χ3n) is 9.18. The fourth-order valence-electron chi connectivity index (χ4n) is 6.85. The molecule has 2 aromatic heterocycles. The van der Waals surface area contributed by atoms with Gasteiger partial charge in [0.2, 0.25) is 5.91 Å². The normalized spacial score (nSPS) is 17.0. The van der Waals surface area contributed by atoms with Crippen LogP contribution in [0.15, 0.2) is 71.6 Å². The number of amides is 2. The number of aromatic nitrogens is 2. The van der Waals surface area contributed by atoms with Crippen molar-refractivity contribution < 1.29 is 23.9 Å². The largest absolute Gasteiger partial charge is 0.478 e. The molecule has 2 saturated carbocycles. The molecule has 0 radical (unpaired) electrons. The van der Waals surface area contributed by atoms with Crippen molar-refractivity contribution in [1.82, 2.24) is 14.9 Å². The summed E-state index contributed by atoms with van der Waals surface area (Å²) >= 11 is 0. The standard InChI is InChI=1S/C36H40N4O5/c41-33(42)18-13-24-11-15-28(16-12-24)37-36(44)31(21-25-7-3-1-4-8-25)39-35(43)26-14-17-32-30(22-26)38-34(27-19-20-45-23-27)40(32)29-9-5-2-6-10-29/h11-20,22-23,25,29,31H,1-10,21H2,(H,37,44)(H,39,43)(H,41,42)/b18-13+. The van der Waals surface area contributed by atoms with Crippen molar-refractivity contribution in [3.05, 3.63) is 78.3 Å². The number of furan rings is 1. The van der Waals surface area contributed by atoms with E-state index in [-0.39, 0.29) is 11.8 Å². The fourth-order valence-corrected chi connectivity index (χ4v) is 6.85. The van der Waals surface area contributed by atoms with E-state index in [1.165, 1.54) is 31.8 Å². The van der Waals surface area contributed by atoms with Gasteiger partial charge in [0.1, 0.15) is 18.1 Å². The predicted molar refractivity (Wildman–Crippen MR) is 174 cm³/mol. The Kier molecular flexibility index (Phi) is 9.43. The molecule has 1 atom stereocenters. The Balaban J connectivity index is 1.23. The van der Waals surface area contributed by atoms with Crippen LogP contribution < -0.4 is 10.6 Å². The van der Waals surface area contributed by atoms with E-state index >= 15 is 0 Å². The summed E-state index contributed by atoms with van der Waals surface area (Å²) in [5, 5.41) is 14.9. The van der Waals surface area contributed by atoms with Gasteiger partial charge in [0.15, 0.2) is 0 Å². The first-order valence-corrected chi connectivity index (χ1v) is 16.1. The monoisotopic (exact) mass is 608 g/mol. The Bertz CT molecular complexity index is 1660. The minimum atomic E-state index is -1.02. The van der Waals surface area contributed by atoms with Gasteiger partial charge in [0, 0.05) is 23.4 Å². The van der Waals surface area contributed by atoms with E-state index in [0.29, 0.717) is 35.2 Å². The molecule has 0 spiro atoms. The van der Waals surface area contributed by atoms with Gasteiger partial charge >= 0.3 is 5.97 Å². The topological polar surface area (TPSA) is 126 Å². The predicted octanol–water partition coefficient (Wildman–Crippen LogP) is 7.61. The fraction of sp³-hybridized carbons (Fsp3) is 0.389. The molecule has 4 aromatic rings. The maximum atomic E-state index is 13.7. The lowest BCUT2D eigenvalue weighted by Crippen LogP contribution is -2.45. The summed E-state index contributed by atoms with van der Waals surface area (Å²) in [6, 6.07) is 14.1. The van der Waals surface area contributed by atoms with Gasteiger partial charge in [-0.2, -0.15) is 0 Å². The molecule has 9 heteroatoms. The lowest BCUT2D eigenvalue weighted by molar-refractivity contribution is -0.131. The molecular formula is C36H40N4O5. The second-order valence-corrected chi connectivity index (χ2v) is 12.4. The summed E-state index contributed by atoms with van der Waals surface area (Å²) in [7, 11) is 0. The van der Waals surface area contributed by atoms with E-state index in [0.717, 1.165) is 67.0 Å². The highest BCUT2D eigenvalue weighted by Gasteiger charge is 2.28. The highest BCUT2D eigenvalue weighted by atomic mass is 16.4. The summed E-state index contributed by atoms with van der Waals surface area (Å²) in [5.74, 6) is -0.387. The van der Waals surface area contributed by atoms with Crippen LogP contribution in [0.25, 0.3) is 28.5 Å². The van der Waals surface area contributed by atoms with E-state index < -0.39 is 12.0 Å². The third kappa shape index (κ3) is 7.36. The number of nitrogens with zero attached hydrogens (tertiary/aromatic N) is 2. The Morgan fingerprint density at radius 1 is 0.956 bits per heavy atom. The smallest absolute Gasteiger partial charge is 0.328 e. The summed E-state index contributed by atoms with van der Waals surface area (Å²) in [6.07, 6.45) is 17.9. The molecule has 2 aliphatic carbocycles. The van der Waals surface area contributed by atoms with Gasteiger partial charge in [0.25, 0.3) is 5.91 Å². The van der Waals surface area contributed by atoms with Gasteiger partial charge in [-0.15, -0.1) is 0 Å². The molecule has 2 aromatic carbocycles. The van der Waals surface area contributed by atoms with E-state index in [1.54, 1.807) is 36.8 Å². The average molecular weight is 609 g/mol. The van der Waals surface area contributed by atoms with Crippen molar-refractivity contribution >= 4 is 40.6 Å². The van der Waals surface area contributed by atoms with Gasteiger partial charge < -0.3 is 24.7 Å². The van der Waals surface area contributed by atoms with E-state index in [2.05, 4.69) is 15.2 Å². The average Bonchev–Trinajstić information content (AvgIpc) is 3.73. The first-order chi connectivity index (χ1) is 21.9. The zero-order valence-corrected chi connectivity index (χ0v) is 25.4. The number of hydrogen-bond donors (Lipinski definition) is 3. The summed E-state index contributed by atoms with van der Waals surface area (Å²) < 4.78 is 7.69. The Labute approximate surface area is 262 Å². The highest BCUT2D eigenvalue weighted by Crippen LogP contribution is 2.36. The Morgan fingerprint density at radius 3 is 2.38 bits per heavy atom. The van der Waals surface area contributed by atoms with Crippen molar-refractivity contribution in [3.63, 3.8) is 0 Å². The van der Waals surface area contributed by atoms with Gasteiger partial charge in [-0.25, -0.2) is 9.78 Å². The van der Waals surface area contributed by atoms with Gasteiger partial charge in [-0.1, -0.05) is 63.5 Å². The summed E-state index contributed by atoms with van der Waals surface area (Å²) in [5.41, 5.74) is 4.41. The quantitative estimate of drug-likeness (QED) is 0.159. The number of carbonyl (C=O) groups excluding carboxylic acids is 2. The van der Waals surface area contributed by atoms with Gasteiger partial charge in [0.05, 0.1) is 22.9 Å². The number of rotatable bonds is 10. The van der Waals surface area contributed by atoms with Crippen LogP contribution in [0.2, 0.25) is 0 Å². The second kappa shape index (κ2) is 14.0. The number of benzene rings is 2. The molecule has 0 bridgehead atoms. The number of hydrogen-bond acceptors (Lipinski definition) is 5. The van der Waals surface area contributed by atoms with Crippen LogP contribution in [0.4, 0.5) is 5.69 Å². The molecule has 2 fully saturated rings. The number of carboxylic acid groups (broad SMARTS) is 1. The molecule has 6 rings (SSSR count). The number of carbonyl (C=O) groups is 3. The Hall–Kier alpha value is -4.66. The molecule has 9 nitrogen and oxygen atoms in total. The first kappa shape index (κ1) is 30.4. The molecule has 2 aliphatic rings. The number of imidazole rings is 1. The molecular weight excluding hydrogens is 568 g/mol. The molecule has 2 heterocycles. The molecule has 0 aliphatic heterocycles. The number of fused-ring (bicyclic) bond motifs is 1. The van der Waals surface area contributed by atoms with Crippen molar-refractivity contribution in [3.8, 4) is 11.4 Å². The van der Waals surface area contributed by atoms with Crippen LogP contribution in [0.1, 0.15) is 92.6 Å². The van der Waals surface area contributed by atoms with E-state index in [1.807, 2.05) is 24.3 Å². The summed E-state index contributed by atoms with van der Waals surface area (Å²) in [6.45, 7) is 0. The van der Waals surface area contributed by atoms with Crippen LogP contribution >= 0.6 is 0 Å². The minimum Gasteiger partial charge on any atom is -0.478 e. The zero-order valence-electron chi connectivity index (χ0n) is 25.4.